The zero-order chi connectivity index (χ0) is 17.5. The molecule has 0 aliphatic carbocycles. The van der Waals surface area contributed by atoms with Crippen LogP contribution in [0.15, 0.2) is 36.7 Å². The lowest BCUT2D eigenvalue weighted by Gasteiger charge is -2.19. The Labute approximate surface area is 155 Å². The molecule has 0 spiro atoms. The summed E-state index contributed by atoms with van der Waals surface area (Å²) in [7, 11) is 3.60. The lowest BCUT2D eigenvalue weighted by molar-refractivity contribution is -0.123. The summed E-state index contributed by atoms with van der Waals surface area (Å²) in [5.74, 6) is 0.770. The summed E-state index contributed by atoms with van der Waals surface area (Å²) in [5, 5.41) is 10.2. The van der Waals surface area contributed by atoms with Gasteiger partial charge < -0.3 is 15.4 Å². The summed E-state index contributed by atoms with van der Waals surface area (Å²) in [6, 6.07) is 7.32. The Bertz CT molecular complexity index is 657. The van der Waals surface area contributed by atoms with E-state index in [0.29, 0.717) is 6.61 Å². The van der Waals surface area contributed by atoms with Gasteiger partial charge in [-0.15, -0.1) is 12.4 Å². The van der Waals surface area contributed by atoms with Crippen molar-refractivity contribution in [2.24, 2.45) is 7.05 Å². The number of nitrogens with zero attached hydrogens (tertiary/aromatic N) is 2. The summed E-state index contributed by atoms with van der Waals surface area (Å²) < 4.78 is 7.27. The normalized spacial score (nSPS) is 12.8. The Hall–Kier alpha value is -2.05. The summed E-state index contributed by atoms with van der Waals surface area (Å²) in [6.45, 7) is 4.75. The number of nitrogens with one attached hydrogen (secondary N) is 2. The quantitative estimate of drug-likeness (QED) is 0.753. The fourth-order valence-electron chi connectivity index (χ4n) is 2.49. The van der Waals surface area contributed by atoms with E-state index in [1.54, 1.807) is 17.9 Å². The molecular weight excluding hydrogens is 340 g/mol. The number of aryl methyl sites for hydroxylation is 1. The summed E-state index contributed by atoms with van der Waals surface area (Å²) >= 11 is 0. The SMILES string of the molecule is CCCOc1ccc(C(C)NC(=O)C(NC)c2cnn(C)c2)cc1.Cl. The number of carbonyl (C=O) groups is 1. The topological polar surface area (TPSA) is 68.2 Å². The zero-order valence-corrected chi connectivity index (χ0v) is 16.0. The highest BCUT2D eigenvalue weighted by Gasteiger charge is 2.21. The van der Waals surface area contributed by atoms with Crippen molar-refractivity contribution in [2.75, 3.05) is 13.7 Å². The minimum atomic E-state index is -0.423. The molecule has 138 valence electrons. The average molecular weight is 367 g/mol. The second kappa shape index (κ2) is 10.1. The Kier molecular flexibility index (Phi) is 8.45. The minimum Gasteiger partial charge on any atom is -0.494 e. The van der Waals surface area contributed by atoms with Crippen LogP contribution < -0.4 is 15.4 Å². The number of halogens is 1. The number of rotatable bonds is 8. The van der Waals surface area contributed by atoms with Crippen LogP contribution in [0.25, 0.3) is 0 Å². The van der Waals surface area contributed by atoms with Gasteiger partial charge in [0.15, 0.2) is 0 Å². The summed E-state index contributed by atoms with van der Waals surface area (Å²) in [5.41, 5.74) is 1.88. The highest BCUT2D eigenvalue weighted by Crippen LogP contribution is 2.19. The second-order valence-corrected chi connectivity index (χ2v) is 5.82. The van der Waals surface area contributed by atoms with E-state index in [0.717, 1.165) is 23.3 Å². The van der Waals surface area contributed by atoms with Gasteiger partial charge >= 0.3 is 0 Å². The third kappa shape index (κ3) is 5.76. The van der Waals surface area contributed by atoms with Crippen molar-refractivity contribution in [3.63, 3.8) is 0 Å². The molecule has 0 aliphatic rings. The van der Waals surface area contributed by atoms with Crippen LogP contribution in [-0.2, 0) is 11.8 Å². The number of aromatic nitrogens is 2. The van der Waals surface area contributed by atoms with Gasteiger partial charge in [0, 0.05) is 18.8 Å². The third-order valence-corrected chi connectivity index (χ3v) is 3.82. The first-order valence-corrected chi connectivity index (χ1v) is 8.24. The monoisotopic (exact) mass is 366 g/mol. The number of carbonyl (C=O) groups excluding carboxylic acids is 1. The molecule has 0 aliphatic heterocycles. The van der Waals surface area contributed by atoms with Crippen molar-refractivity contribution in [3.05, 3.63) is 47.8 Å². The Morgan fingerprint density at radius 1 is 1.28 bits per heavy atom. The fraction of sp³-hybridized carbons (Fsp3) is 0.444. The van der Waals surface area contributed by atoms with E-state index in [-0.39, 0.29) is 24.4 Å². The predicted molar refractivity (Wildman–Crippen MR) is 101 cm³/mol. The molecule has 2 atom stereocenters. The number of benzene rings is 1. The molecule has 2 N–H and O–H groups in total. The highest BCUT2D eigenvalue weighted by molar-refractivity contribution is 5.85. The minimum absolute atomic E-state index is 0. The van der Waals surface area contributed by atoms with E-state index in [1.807, 2.05) is 44.4 Å². The van der Waals surface area contributed by atoms with Crippen molar-refractivity contribution in [2.45, 2.75) is 32.4 Å². The van der Waals surface area contributed by atoms with Crippen LogP contribution in [0.5, 0.6) is 5.75 Å². The largest absolute Gasteiger partial charge is 0.494 e. The van der Waals surface area contributed by atoms with Crippen molar-refractivity contribution in [3.8, 4) is 5.75 Å². The number of likely N-dealkylation sites (N-methyl/N-ethyl adjacent to an activating group) is 1. The molecule has 25 heavy (non-hydrogen) atoms. The van der Waals surface area contributed by atoms with Crippen LogP contribution in [0.2, 0.25) is 0 Å². The van der Waals surface area contributed by atoms with Crippen LogP contribution >= 0.6 is 12.4 Å². The maximum Gasteiger partial charge on any atom is 0.242 e. The van der Waals surface area contributed by atoms with E-state index in [1.165, 1.54) is 0 Å². The van der Waals surface area contributed by atoms with Crippen LogP contribution in [0.1, 0.15) is 43.5 Å². The predicted octanol–water partition coefficient (Wildman–Crippen LogP) is 2.77. The van der Waals surface area contributed by atoms with Crippen LogP contribution in [0, 0.1) is 0 Å². The molecule has 0 fully saturated rings. The van der Waals surface area contributed by atoms with Gasteiger partial charge in [-0.3, -0.25) is 9.48 Å². The third-order valence-electron chi connectivity index (χ3n) is 3.82. The summed E-state index contributed by atoms with van der Waals surface area (Å²) in [4.78, 5) is 12.5. The van der Waals surface area contributed by atoms with Gasteiger partial charge in [0.1, 0.15) is 11.8 Å². The van der Waals surface area contributed by atoms with Crippen molar-refractivity contribution in [1.82, 2.24) is 20.4 Å². The fourth-order valence-corrected chi connectivity index (χ4v) is 2.49. The van der Waals surface area contributed by atoms with Gasteiger partial charge in [-0.1, -0.05) is 19.1 Å². The van der Waals surface area contributed by atoms with E-state index in [2.05, 4.69) is 22.7 Å². The van der Waals surface area contributed by atoms with E-state index >= 15 is 0 Å². The van der Waals surface area contributed by atoms with Gasteiger partial charge in [0.2, 0.25) is 5.91 Å². The Balaban J connectivity index is 0.00000312. The lowest BCUT2D eigenvalue weighted by atomic mass is 10.1. The molecular formula is C18H27ClN4O2. The molecule has 1 amide bonds. The Morgan fingerprint density at radius 3 is 2.48 bits per heavy atom. The van der Waals surface area contributed by atoms with Crippen LogP contribution in [-0.4, -0.2) is 29.3 Å². The molecule has 6 nitrogen and oxygen atoms in total. The first kappa shape index (κ1) is 21.0. The zero-order valence-electron chi connectivity index (χ0n) is 15.2. The van der Waals surface area contributed by atoms with Gasteiger partial charge in [-0.2, -0.15) is 5.10 Å². The van der Waals surface area contributed by atoms with Gasteiger partial charge in [0.25, 0.3) is 0 Å². The first-order valence-electron chi connectivity index (χ1n) is 8.24. The number of hydrogen-bond acceptors (Lipinski definition) is 4. The van der Waals surface area contributed by atoms with Crippen LogP contribution in [0.3, 0.4) is 0 Å². The molecule has 0 bridgehead atoms. The highest BCUT2D eigenvalue weighted by atomic mass is 35.5. The molecule has 0 radical (unpaired) electrons. The Morgan fingerprint density at radius 2 is 1.96 bits per heavy atom. The van der Waals surface area contributed by atoms with E-state index in [9.17, 15) is 4.79 Å². The van der Waals surface area contributed by atoms with Gasteiger partial charge in [-0.05, 0) is 38.1 Å². The molecule has 1 heterocycles. The summed E-state index contributed by atoms with van der Waals surface area (Å²) in [6.07, 6.45) is 4.52. The molecule has 7 heteroatoms. The standard InChI is InChI=1S/C18H26N4O2.ClH/c1-5-10-24-16-8-6-14(7-9-16)13(2)21-18(23)17(19-3)15-11-20-22(4)12-15;/h6-9,11-13,17,19H,5,10H2,1-4H3,(H,21,23);1H. The van der Waals surface area contributed by atoms with Gasteiger partial charge in [-0.25, -0.2) is 0 Å². The number of amides is 1. The molecule has 2 rings (SSSR count). The smallest absolute Gasteiger partial charge is 0.242 e. The maximum absolute atomic E-state index is 12.5. The van der Waals surface area contributed by atoms with Gasteiger partial charge in [0.05, 0.1) is 18.8 Å². The first-order chi connectivity index (χ1) is 11.5. The molecule has 0 saturated heterocycles. The van der Waals surface area contributed by atoms with Crippen molar-refractivity contribution in [1.29, 1.82) is 0 Å². The lowest BCUT2D eigenvalue weighted by Crippen LogP contribution is -2.37. The number of ether oxygens (including phenoxy) is 1. The van der Waals surface area contributed by atoms with E-state index in [4.69, 9.17) is 4.74 Å². The molecule has 2 aromatic rings. The van der Waals surface area contributed by atoms with Crippen molar-refractivity contribution < 1.29 is 9.53 Å². The van der Waals surface area contributed by atoms with E-state index < -0.39 is 6.04 Å². The molecule has 1 aromatic carbocycles. The molecule has 1 aromatic heterocycles. The average Bonchev–Trinajstić information content (AvgIpc) is 3.00. The molecule has 2 unspecified atom stereocenters. The second-order valence-electron chi connectivity index (χ2n) is 5.82. The van der Waals surface area contributed by atoms with Crippen molar-refractivity contribution >= 4 is 18.3 Å². The van der Waals surface area contributed by atoms with Crippen LogP contribution in [0.4, 0.5) is 0 Å². The maximum atomic E-state index is 12.5. The molecule has 0 saturated carbocycles. The number of hydrogen-bond donors (Lipinski definition) is 2.